The largest absolute Gasteiger partial charge is 0.468 e. The van der Waals surface area contributed by atoms with Gasteiger partial charge in [-0.3, -0.25) is 14.4 Å². The van der Waals surface area contributed by atoms with Crippen molar-refractivity contribution in [1.82, 2.24) is 10.3 Å². The maximum absolute atomic E-state index is 11.5. The first-order valence-electron chi connectivity index (χ1n) is 4.61. The number of nitrogens with one attached hydrogen (secondary N) is 2. The molecule has 0 unspecified atom stereocenters. The molecule has 0 spiro atoms. The average Bonchev–Trinajstić information content (AvgIpc) is 2.72. The van der Waals surface area contributed by atoms with E-state index in [-0.39, 0.29) is 18.1 Å². The molecule has 0 aliphatic heterocycles. The number of hydrogen-bond acceptors (Lipinski definition) is 6. The number of thiazole rings is 1. The van der Waals surface area contributed by atoms with Crippen LogP contribution in [0.1, 0.15) is 17.4 Å². The van der Waals surface area contributed by atoms with Crippen LogP contribution in [0.5, 0.6) is 0 Å². The SMILES string of the molecule is COC(=O)CNC(=O)c1csc(NC(C)=O)n1. The molecule has 1 heterocycles. The highest BCUT2D eigenvalue weighted by molar-refractivity contribution is 7.14. The molecule has 8 heteroatoms. The molecule has 0 aromatic carbocycles. The number of carbonyl (C=O) groups excluding carboxylic acids is 3. The van der Waals surface area contributed by atoms with Crippen LogP contribution in [0.3, 0.4) is 0 Å². The van der Waals surface area contributed by atoms with E-state index in [9.17, 15) is 14.4 Å². The van der Waals surface area contributed by atoms with E-state index in [0.717, 1.165) is 11.3 Å². The van der Waals surface area contributed by atoms with Gasteiger partial charge in [0.1, 0.15) is 12.2 Å². The van der Waals surface area contributed by atoms with Crippen LogP contribution in [-0.4, -0.2) is 36.4 Å². The fourth-order valence-corrected chi connectivity index (χ4v) is 1.64. The molecule has 0 saturated carbocycles. The Morgan fingerprint density at radius 3 is 2.76 bits per heavy atom. The van der Waals surface area contributed by atoms with Gasteiger partial charge in [-0.1, -0.05) is 0 Å². The molecule has 17 heavy (non-hydrogen) atoms. The molecule has 0 fully saturated rings. The second-order valence-corrected chi connectivity index (χ2v) is 3.84. The third-order valence-corrected chi connectivity index (χ3v) is 2.40. The van der Waals surface area contributed by atoms with Crippen LogP contribution in [0.2, 0.25) is 0 Å². The maximum atomic E-state index is 11.5. The highest BCUT2D eigenvalue weighted by atomic mass is 32.1. The Bertz CT molecular complexity index is 443. The van der Waals surface area contributed by atoms with Crippen molar-refractivity contribution < 1.29 is 19.1 Å². The summed E-state index contributed by atoms with van der Waals surface area (Å²) in [4.78, 5) is 36.9. The van der Waals surface area contributed by atoms with Gasteiger partial charge in [-0.05, 0) is 0 Å². The lowest BCUT2D eigenvalue weighted by molar-refractivity contribution is -0.139. The summed E-state index contributed by atoms with van der Waals surface area (Å²) in [5.41, 5.74) is 0.141. The van der Waals surface area contributed by atoms with Crippen LogP contribution >= 0.6 is 11.3 Å². The summed E-state index contributed by atoms with van der Waals surface area (Å²) < 4.78 is 4.37. The molecule has 2 amide bonds. The van der Waals surface area contributed by atoms with Crippen molar-refractivity contribution in [3.8, 4) is 0 Å². The Hall–Kier alpha value is -1.96. The minimum absolute atomic E-state index is 0.141. The van der Waals surface area contributed by atoms with Crippen LogP contribution in [0.4, 0.5) is 5.13 Å². The zero-order chi connectivity index (χ0) is 12.8. The number of hydrogen-bond donors (Lipinski definition) is 2. The number of methoxy groups -OCH3 is 1. The summed E-state index contributed by atoms with van der Waals surface area (Å²) in [6.45, 7) is 1.13. The Morgan fingerprint density at radius 1 is 1.47 bits per heavy atom. The Balaban J connectivity index is 2.54. The molecular weight excluding hydrogens is 246 g/mol. The van der Waals surface area contributed by atoms with E-state index in [1.54, 1.807) is 0 Å². The summed E-state index contributed by atoms with van der Waals surface area (Å²) in [6.07, 6.45) is 0. The van der Waals surface area contributed by atoms with Crippen molar-refractivity contribution in [3.05, 3.63) is 11.1 Å². The molecule has 0 atom stereocenters. The third kappa shape index (κ3) is 4.19. The molecule has 0 aliphatic rings. The second kappa shape index (κ2) is 5.94. The summed E-state index contributed by atoms with van der Waals surface area (Å²) in [5.74, 6) is -1.31. The number of nitrogens with zero attached hydrogens (tertiary/aromatic N) is 1. The zero-order valence-corrected chi connectivity index (χ0v) is 10.1. The van der Waals surface area contributed by atoms with E-state index >= 15 is 0 Å². The van der Waals surface area contributed by atoms with Crippen molar-refractivity contribution in [3.63, 3.8) is 0 Å². The molecule has 0 aliphatic carbocycles. The van der Waals surface area contributed by atoms with Gasteiger partial charge >= 0.3 is 5.97 Å². The summed E-state index contributed by atoms with van der Waals surface area (Å²) in [7, 11) is 1.23. The quantitative estimate of drug-likeness (QED) is 0.740. The van der Waals surface area contributed by atoms with Crippen molar-refractivity contribution in [1.29, 1.82) is 0 Å². The summed E-state index contributed by atoms with van der Waals surface area (Å²) >= 11 is 1.13. The Kier molecular flexibility index (Phi) is 4.58. The number of rotatable bonds is 4. The highest BCUT2D eigenvalue weighted by Crippen LogP contribution is 2.14. The van der Waals surface area contributed by atoms with Gasteiger partial charge in [-0.15, -0.1) is 11.3 Å². The number of amides is 2. The standard InChI is InChI=1S/C9H11N3O4S/c1-5(13)11-9-12-6(4-17-9)8(15)10-3-7(14)16-2/h4H,3H2,1-2H3,(H,10,15)(H,11,12,13). The fourth-order valence-electron chi connectivity index (χ4n) is 0.901. The molecule has 1 aromatic heterocycles. The van der Waals surface area contributed by atoms with Crippen LogP contribution in [0, 0.1) is 0 Å². The van der Waals surface area contributed by atoms with Gasteiger partial charge < -0.3 is 15.4 Å². The number of ether oxygens (including phenoxy) is 1. The summed E-state index contributed by atoms with van der Waals surface area (Å²) in [5, 5.41) is 6.61. The van der Waals surface area contributed by atoms with E-state index in [1.165, 1.54) is 19.4 Å². The maximum Gasteiger partial charge on any atom is 0.325 e. The van der Waals surface area contributed by atoms with Gasteiger partial charge in [0.25, 0.3) is 5.91 Å². The van der Waals surface area contributed by atoms with Gasteiger partial charge in [0.05, 0.1) is 7.11 Å². The molecule has 92 valence electrons. The lowest BCUT2D eigenvalue weighted by atomic mass is 10.4. The average molecular weight is 257 g/mol. The fraction of sp³-hybridized carbons (Fsp3) is 0.333. The lowest BCUT2D eigenvalue weighted by Crippen LogP contribution is -2.30. The molecular formula is C9H11N3O4S. The Morgan fingerprint density at radius 2 is 2.18 bits per heavy atom. The van der Waals surface area contributed by atoms with E-state index < -0.39 is 11.9 Å². The van der Waals surface area contributed by atoms with Gasteiger partial charge in [0.15, 0.2) is 5.13 Å². The number of esters is 1. The van der Waals surface area contributed by atoms with Crippen LogP contribution in [-0.2, 0) is 14.3 Å². The Labute approximate surface area is 101 Å². The predicted octanol–water partition coefficient (Wildman–Crippen LogP) is 0.00430. The minimum atomic E-state index is -0.546. The van der Waals surface area contributed by atoms with Crippen LogP contribution < -0.4 is 10.6 Å². The molecule has 0 bridgehead atoms. The van der Waals surface area contributed by atoms with Crippen molar-refractivity contribution in [2.24, 2.45) is 0 Å². The zero-order valence-electron chi connectivity index (χ0n) is 9.27. The smallest absolute Gasteiger partial charge is 0.325 e. The minimum Gasteiger partial charge on any atom is -0.468 e. The van der Waals surface area contributed by atoms with Crippen molar-refractivity contribution >= 4 is 34.3 Å². The third-order valence-electron chi connectivity index (χ3n) is 1.64. The monoisotopic (exact) mass is 257 g/mol. The molecule has 1 aromatic rings. The first-order valence-corrected chi connectivity index (χ1v) is 5.49. The van der Waals surface area contributed by atoms with Crippen molar-refractivity contribution in [2.45, 2.75) is 6.92 Å². The number of anilines is 1. The van der Waals surface area contributed by atoms with E-state index in [0.29, 0.717) is 5.13 Å². The topological polar surface area (TPSA) is 97.4 Å². The van der Waals surface area contributed by atoms with E-state index in [1.807, 2.05) is 0 Å². The second-order valence-electron chi connectivity index (χ2n) is 2.98. The van der Waals surface area contributed by atoms with Gasteiger partial charge in [0.2, 0.25) is 5.91 Å². The van der Waals surface area contributed by atoms with Gasteiger partial charge in [0, 0.05) is 12.3 Å². The van der Waals surface area contributed by atoms with Gasteiger partial charge in [-0.2, -0.15) is 0 Å². The number of aromatic nitrogens is 1. The van der Waals surface area contributed by atoms with Crippen LogP contribution in [0.25, 0.3) is 0 Å². The van der Waals surface area contributed by atoms with Crippen molar-refractivity contribution in [2.75, 3.05) is 19.0 Å². The molecule has 0 saturated heterocycles. The molecule has 2 N–H and O–H groups in total. The van der Waals surface area contributed by atoms with E-state index in [4.69, 9.17) is 0 Å². The normalized spacial score (nSPS) is 9.53. The first-order chi connectivity index (χ1) is 8.02. The van der Waals surface area contributed by atoms with Gasteiger partial charge in [-0.25, -0.2) is 4.98 Å². The summed E-state index contributed by atoms with van der Waals surface area (Å²) in [6, 6.07) is 0. The lowest BCUT2D eigenvalue weighted by Gasteiger charge is -2.00. The first kappa shape index (κ1) is 13.1. The number of carbonyl (C=O) groups is 3. The highest BCUT2D eigenvalue weighted by Gasteiger charge is 2.12. The predicted molar refractivity (Wildman–Crippen MR) is 60.8 cm³/mol. The molecule has 1 rings (SSSR count). The van der Waals surface area contributed by atoms with E-state index in [2.05, 4.69) is 20.4 Å². The van der Waals surface area contributed by atoms with Crippen LogP contribution in [0.15, 0.2) is 5.38 Å². The molecule has 7 nitrogen and oxygen atoms in total. The molecule has 0 radical (unpaired) electrons.